The topological polar surface area (TPSA) is 104 Å². The van der Waals surface area contributed by atoms with Crippen molar-refractivity contribution in [3.05, 3.63) is 35.9 Å². The summed E-state index contributed by atoms with van der Waals surface area (Å²) >= 11 is 0. The zero-order valence-electron chi connectivity index (χ0n) is 10.9. The van der Waals surface area contributed by atoms with Crippen molar-refractivity contribution in [2.75, 3.05) is 6.61 Å². The first-order chi connectivity index (χ1) is 9.54. The molecule has 1 aromatic carbocycles. The second-order valence-corrected chi connectivity index (χ2v) is 4.28. The number of aliphatic carboxylic acids is 1. The molecular weight excluding hydrogens is 262 g/mol. The summed E-state index contributed by atoms with van der Waals surface area (Å²) in [6.07, 6.45) is 0.591. The number of carboxylic acids is 1. The van der Waals surface area contributed by atoms with Gasteiger partial charge in [0.1, 0.15) is 6.04 Å². The zero-order chi connectivity index (χ0) is 15.0. The van der Waals surface area contributed by atoms with Gasteiger partial charge in [-0.15, -0.1) is 0 Å². The van der Waals surface area contributed by atoms with Crippen molar-refractivity contribution >= 4 is 17.7 Å². The van der Waals surface area contributed by atoms with Gasteiger partial charge < -0.3 is 15.5 Å². The number of aliphatic hydroxyl groups is 1. The van der Waals surface area contributed by atoms with E-state index in [1.165, 1.54) is 0 Å². The van der Waals surface area contributed by atoms with Crippen LogP contribution >= 0.6 is 0 Å². The summed E-state index contributed by atoms with van der Waals surface area (Å²) in [5.41, 5.74) is 0.590. The number of carbonyl (C=O) groups is 3. The summed E-state index contributed by atoms with van der Waals surface area (Å²) in [7, 11) is 0. The summed E-state index contributed by atoms with van der Waals surface area (Å²) in [5.74, 6) is -1.84. The molecule has 0 saturated heterocycles. The van der Waals surface area contributed by atoms with E-state index in [1.807, 2.05) is 6.07 Å². The molecule has 0 aliphatic carbocycles. The van der Waals surface area contributed by atoms with E-state index in [1.54, 1.807) is 24.3 Å². The highest BCUT2D eigenvalue weighted by Crippen LogP contribution is 2.06. The average molecular weight is 279 g/mol. The minimum absolute atomic E-state index is 0.0440. The Morgan fingerprint density at radius 3 is 2.30 bits per heavy atom. The predicted molar refractivity (Wildman–Crippen MR) is 71.3 cm³/mol. The maximum absolute atomic E-state index is 11.7. The number of ketones is 1. The van der Waals surface area contributed by atoms with Crippen LogP contribution in [-0.2, 0) is 9.59 Å². The van der Waals surface area contributed by atoms with Gasteiger partial charge >= 0.3 is 5.97 Å². The van der Waals surface area contributed by atoms with Crippen molar-refractivity contribution in [1.29, 1.82) is 0 Å². The standard InChI is InChI=1S/C14H17NO5/c16-9-11(14(19)20)15-13(18)8-4-7-12(17)10-5-2-1-3-6-10/h1-3,5-6,11,16H,4,7-9H2,(H,15,18)(H,19,20). The molecule has 3 N–H and O–H groups in total. The van der Waals surface area contributed by atoms with Crippen LogP contribution in [0.2, 0.25) is 0 Å². The van der Waals surface area contributed by atoms with Crippen molar-refractivity contribution in [3.63, 3.8) is 0 Å². The largest absolute Gasteiger partial charge is 0.480 e. The van der Waals surface area contributed by atoms with Gasteiger partial charge in [-0.2, -0.15) is 0 Å². The lowest BCUT2D eigenvalue weighted by Crippen LogP contribution is -2.43. The van der Waals surface area contributed by atoms with Gasteiger partial charge in [-0.25, -0.2) is 4.79 Å². The smallest absolute Gasteiger partial charge is 0.328 e. The molecule has 1 atom stereocenters. The second kappa shape index (κ2) is 8.06. The molecule has 1 amide bonds. The van der Waals surface area contributed by atoms with Crippen LogP contribution in [0.1, 0.15) is 29.6 Å². The Kier molecular flexibility index (Phi) is 6.39. The first kappa shape index (κ1) is 15.8. The Hall–Kier alpha value is -2.21. The summed E-state index contributed by atoms with van der Waals surface area (Å²) in [6, 6.07) is 7.44. The highest BCUT2D eigenvalue weighted by molar-refractivity contribution is 5.96. The Labute approximate surface area is 116 Å². The number of carboxylic acid groups (broad SMARTS) is 1. The van der Waals surface area contributed by atoms with Gasteiger partial charge in [0.15, 0.2) is 5.78 Å². The number of hydrogen-bond acceptors (Lipinski definition) is 4. The Bertz CT molecular complexity index is 472. The Morgan fingerprint density at radius 2 is 1.75 bits per heavy atom. The molecule has 0 bridgehead atoms. The third kappa shape index (κ3) is 5.19. The molecule has 0 heterocycles. The third-order valence-corrected chi connectivity index (χ3v) is 2.72. The minimum atomic E-state index is -1.30. The number of nitrogens with one attached hydrogen (secondary N) is 1. The van der Waals surface area contributed by atoms with Crippen molar-refractivity contribution in [3.8, 4) is 0 Å². The molecule has 0 radical (unpaired) electrons. The molecular formula is C14H17NO5. The molecule has 0 aliphatic heterocycles. The maximum atomic E-state index is 11.7. The van der Waals surface area contributed by atoms with Gasteiger partial charge in [0.2, 0.25) is 5.91 Å². The number of amides is 1. The van der Waals surface area contributed by atoms with Crippen LogP contribution in [0, 0.1) is 0 Å². The van der Waals surface area contributed by atoms with Gasteiger partial charge in [-0.05, 0) is 6.42 Å². The van der Waals surface area contributed by atoms with E-state index in [0.29, 0.717) is 12.0 Å². The van der Waals surface area contributed by atoms with Crippen molar-refractivity contribution in [2.24, 2.45) is 0 Å². The average Bonchev–Trinajstić information content (AvgIpc) is 2.45. The summed E-state index contributed by atoms with van der Waals surface area (Å²) in [5, 5.41) is 19.6. The normalized spacial score (nSPS) is 11.7. The van der Waals surface area contributed by atoms with Crippen molar-refractivity contribution in [2.45, 2.75) is 25.3 Å². The quantitative estimate of drug-likeness (QED) is 0.605. The second-order valence-electron chi connectivity index (χ2n) is 4.28. The first-order valence-corrected chi connectivity index (χ1v) is 6.26. The fourth-order valence-corrected chi connectivity index (χ4v) is 1.63. The molecule has 0 aliphatic rings. The van der Waals surface area contributed by atoms with Crippen LogP contribution in [0.5, 0.6) is 0 Å². The van der Waals surface area contributed by atoms with Gasteiger partial charge in [-0.3, -0.25) is 9.59 Å². The predicted octanol–water partition coefficient (Wildman–Crippen LogP) is 0.601. The maximum Gasteiger partial charge on any atom is 0.328 e. The van der Waals surface area contributed by atoms with Crippen molar-refractivity contribution < 1.29 is 24.6 Å². The van der Waals surface area contributed by atoms with Gasteiger partial charge in [-0.1, -0.05) is 30.3 Å². The molecule has 0 saturated carbocycles. The van der Waals surface area contributed by atoms with Crippen LogP contribution < -0.4 is 5.32 Å². The molecule has 108 valence electrons. The molecule has 0 spiro atoms. The fraction of sp³-hybridized carbons (Fsp3) is 0.357. The van der Waals surface area contributed by atoms with Crippen LogP contribution in [0.3, 0.4) is 0 Å². The lowest BCUT2D eigenvalue weighted by atomic mass is 10.1. The van der Waals surface area contributed by atoms with E-state index < -0.39 is 24.5 Å². The molecule has 0 fully saturated rings. The number of Topliss-reactive ketones (excluding diaryl/α,β-unsaturated/α-hetero) is 1. The van der Waals surface area contributed by atoms with Crippen LogP contribution in [-0.4, -0.2) is 40.5 Å². The molecule has 0 aromatic heterocycles. The Balaban J connectivity index is 2.32. The van der Waals surface area contributed by atoms with Gasteiger partial charge in [0, 0.05) is 18.4 Å². The fourth-order valence-electron chi connectivity index (χ4n) is 1.63. The van der Waals surface area contributed by atoms with Crippen LogP contribution in [0.4, 0.5) is 0 Å². The van der Waals surface area contributed by atoms with Gasteiger partial charge in [0.25, 0.3) is 0 Å². The molecule has 20 heavy (non-hydrogen) atoms. The monoisotopic (exact) mass is 279 g/mol. The molecule has 6 heteroatoms. The van der Waals surface area contributed by atoms with Gasteiger partial charge in [0.05, 0.1) is 6.61 Å². The van der Waals surface area contributed by atoms with E-state index in [-0.39, 0.29) is 18.6 Å². The Morgan fingerprint density at radius 1 is 1.10 bits per heavy atom. The molecule has 1 unspecified atom stereocenters. The zero-order valence-corrected chi connectivity index (χ0v) is 10.9. The van der Waals surface area contributed by atoms with E-state index in [2.05, 4.69) is 5.32 Å². The van der Waals surface area contributed by atoms with Crippen LogP contribution in [0.25, 0.3) is 0 Å². The van der Waals surface area contributed by atoms with E-state index in [4.69, 9.17) is 10.2 Å². The van der Waals surface area contributed by atoms with E-state index in [0.717, 1.165) is 0 Å². The lowest BCUT2D eigenvalue weighted by Gasteiger charge is -2.11. The van der Waals surface area contributed by atoms with Crippen LogP contribution in [0.15, 0.2) is 30.3 Å². The number of carbonyl (C=O) groups excluding carboxylic acids is 2. The number of hydrogen-bond donors (Lipinski definition) is 3. The first-order valence-electron chi connectivity index (χ1n) is 6.26. The number of rotatable bonds is 8. The summed E-state index contributed by atoms with van der Waals surface area (Å²) < 4.78 is 0. The minimum Gasteiger partial charge on any atom is -0.480 e. The highest BCUT2D eigenvalue weighted by atomic mass is 16.4. The van der Waals surface area contributed by atoms with E-state index in [9.17, 15) is 14.4 Å². The molecule has 6 nitrogen and oxygen atoms in total. The van der Waals surface area contributed by atoms with E-state index >= 15 is 0 Å². The van der Waals surface area contributed by atoms with Crippen molar-refractivity contribution in [1.82, 2.24) is 5.32 Å². The molecule has 1 rings (SSSR count). The number of benzene rings is 1. The highest BCUT2D eigenvalue weighted by Gasteiger charge is 2.18. The summed E-state index contributed by atoms with van der Waals surface area (Å²) in [6.45, 7) is -0.663. The number of aliphatic hydroxyl groups excluding tert-OH is 1. The lowest BCUT2D eigenvalue weighted by molar-refractivity contribution is -0.142. The molecule has 1 aromatic rings. The summed E-state index contributed by atoms with van der Waals surface area (Å²) in [4.78, 5) is 33.8. The SMILES string of the molecule is O=C(CCCC(=O)c1ccccc1)NC(CO)C(=O)O. The third-order valence-electron chi connectivity index (χ3n) is 2.72.